The van der Waals surface area contributed by atoms with E-state index in [2.05, 4.69) is 11.4 Å². The summed E-state index contributed by atoms with van der Waals surface area (Å²) in [6, 6.07) is 8.16. The number of amides is 1. The number of hydrogen-bond acceptors (Lipinski definition) is 2. The average Bonchev–Trinajstić information content (AvgIpc) is 3.12. The predicted octanol–water partition coefficient (Wildman–Crippen LogP) is 1.52. The van der Waals surface area contributed by atoms with Crippen molar-refractivity contribution in [3.05, 3.63) is 29.8 Å². The molecule has 1 N–H and O–H groups in total. The fourth-order valence-corrected chi connectivity index (χ4v) is 2.09. The monoisotopic (exact) mass is 217 g/mol. The minimum atomic E-state index is 0.142. The Morgan fingerprint density at radius 1 is 1.31 bits per heavy atom. The summed E-state index contributed by atoms with van der Waals surface area (Å²) in [5.41, 5.74) is 1.19. The van der Waals surface area contributed by atoms with Gasteiger partial charge in [0.1, 0.15) is 12.4 Å². The SMILES string of the molecule is O=C(NC1COc2ccccc2C1)C1CC1. The predicted molar refractivity (Wildman–Crippen MR) is 60.3 cm³/mol. The van der Waals surface area contributed by atoms with Crippen LogP contribution in [-0.2, 0) is 11.2 Å². The molecule has 1 aromatic carbocycles. The summed E-state index contributed by atoms with van der Waals surface area (Å²) in [7, 11) is 0. The molecule has 2 aliphatic rings. The number of carbonyl (C=O) groups excluding carboxylic acids is 1. The highest BCUT2D eigenvalue weighted by Crippen LogP contribution is 2.30. The van der Waals surface area contributed by atoms with E-state index in [0.717, 1.165) is 25.0 Å². The third-order valence-electron chi connectivity index (χ3n) is 3.17. The standard InChI is InChI=1S/C13H15NO2/c15-13(9-5-6-9)14-11-7-10-3-1-2-4-12(10)16-8-11/h1-4,9,11H,5-8H2,(H,14,15). The fourth-order valence-electron chi connectivity index (χ4n) is 2.09. The highest BCUT2D eigenvalue weighted by atomic mass is 16.5. The maximum Gasteiger partial charge on any atom is 0.223 e. The first-order chi connectivity index (χ1) is 7.83. The van der Waals surface area contributed by atoms with Gasteiger partial charge in [-0.15, -0.1) is 0 Å². The Hall–Kier alpha value is -1.51. The zero-order chi connectivity index (χ0) is 11.0. The minimum absolute atomic E-state index is 0.142. The molecule has 1 saturated carbocycles. The van der Waals surface area contributed by atoms with Crippen molar-refractivity contribution in [2.75, 3.05) is 6.61 Å². The van der Waals surface area contributed by atoms with Crippen LogP contribution in [-0.4, -0.2) is 18.6 Å². The Balaban J connectivity index is 1.65. The van der Waals surface area contributed by atoms with Gasteiger partial charge in [-0.25, -0.2) is 0 Å². The van der Waals surface area contributed by atoms with Gasteiger partial charge < -0.3 is 10.1 Å². The van der Waals surface area contributed by atoms with Crippen molar-refractivity contribution in [2.45, 2.75) is 25.3 Å². The second-order valence-electron chi connectivity index (χ2n) is 4.60. The number of rotatable bonds is 2. The molecule has 0 radical (unpaired) electrons. The molecule has 0 bridgehead atoms. The van der Waals surface area contributed by atoms with Gasteiger partial charge in [0.05, 0.1) is 6.04 Å². The molecule has 0 spiro atoms. The summed E-state index contributed by atoms with van der Waals surface area (Å²) in [6.07, 6.45) is 2.99. The quantitative estimate of drug-likeness (QED) is 0.815. The second kappa shape index (κ2) is 3.81. The van der Waals surface area contributed by atoms with Crippen molar-refractivity contribution in [1.82, 2.24) is 5.32 Å². The summed E-state index contributed by atoms with van der Waals surface area (Å²) in [6.45, 7) is 0.593. The lowest BCUT2D eigenvalue weighted by Crippen LogP contribution is -2.43. The molecule has 1 aliphatic heterocycles. The number of benzene rings is 1. The number of para-hydroxylation sites is 1. The van der Waals surface area contributed by atoms with Crippen molar-refractivity contribution < 1.29 is 9.53 Å². The number of hydrogen-bond donors (Lipinski definition) is 1. The van der Waals surface area contributed by atoms with Crippen molar-refractivity contribution in [1.29, 1.82) is 0 Å². The van der Waals surface area contributed by atoms with Gasteiger partial charge in [0.15, 0.2) is 0 Å². The largest absolute Gasteiger partial charge is 0.491 e. The zero-order valence-electron chi connectivity index (χ0n) is 9.11. The third-order valence-corrected chi connectivity index (χ3v) is 3.17. The molecule has 84 valence electrons. The van der Waals surface area contributed by atoms with E-state index in [1.54, 1.807) is 0 Å². The molecule has 0 saturated heterocycles. The molecule has 16 heavy (non-hydrogen) atoms. The summed E-state index contributed by atoms with van der Waals surface area (Å²) in [5, 5.41) is 3.06. The maximum atomic E-state index is 11.6. The van der Waals surface area contributed by atoms with Crippen LogP contribution in [0.4, 0.5) is 0 Å². The number of fused-ring (bicyclic) bond motifs is 1. The van der Waals surface area contributed by atoms with Crippen molar-refractivity contribution >= 4 is 5.91 Å². The molecular weight excluding hydrogens is 202 g/mol. The second-order valence-corrected chi connectivity index (χ2v) is 4.60. The van der Waals surface area contributed by atoms with Gasteiger partial charge in [0.2, 0.25) is 5.91 Å². The Bertz CT molecular complexity index is 412. The molecule has 3 rings (SSSR count). The van der Waals surface area contributed by atoms with Crippen LogP contribution in [0.15, 0.2) is 24.3 Å². The van der Waals surface area contributed by atoms with E-state index in [0.29, 0.717) is 6.61 Å². The Labute approximate surface area is 94.8 Å². The zero-order valence-corrected chi connectivity index (χ0v) is 9.11. The molecule has 3 heteroatoms. The third kappa shape index (κ3) is 1.90. The van der Waals surface area contributed by atoms with Crippen LogP contribution in [0.5, 0.6) is 5.75 Å². The first kappa shape index (κ1) is 9.70. The summed E-state index contributed by atoms with van der Waals surface area (Å²) in [4.78, 5) is 11.6. The highest BCUT2D eigenvalue weighted by molar-refractivity contribution is 5.81. The average molecular weight is 217 g/mol. The van der Waals surface area contributed by atoms with Crippen LogP contribution in [0.2, 0.25) is 0 Å². The summed E-state index contributed by atoms with van der Waals surface area (Å²) < 4.78 is 5.62. The molecule has 0 aromatic heterocycles. The van der Waals surface area contributed by atoms with Gasteiger partial charge in [-0.05, 0) is 30.9 Å². The van der Waals surface area contributed by atoms with E-state index in [-0.39, 0.29) is 17.9 Å². The first-order valence-electron chi connectivity index (χ1n) is 5.84. The van der Waals surface area contributed by atoms with E-state index in [1.807, 2.05) is 18.2 Å². The van der Waals surface area contributed by atoms with Crippen LogP contribution >= 0.6 is 0 Å². The Morgan fingerprint density at radius 3 is 2.94 bits per heavy atom. The van der Waals surface area contributed by atoms with Crippen molar-refractivity contribution in [3.63, 3.8) is 0 Å². The maximum absolute atomic E-state index is 11.6. The molecule has 1 heterocycles. The topological polar surface area (TPSA) is 38.3 Å². The molecule has 1 unspecified atom stereocenters. The van der Waals surface area contributed by atoms with Crippen LogP contribution < -0.4 is 10.1 Å². The lowest BCUT2D eigenvalue weighted by Gasteiger charge is -2.26. The van der Waals surface area contributed by atoms with Gasteiger partial charge in [0.25, 0.3) is 0 Å². The van der Waals surface area contributed by atoms with E-state index in [4.69, 9.17) is 4.74 Å². The molecule has 1 amide bonds. The lowest BCUT2D eigenvalue weighted by atomic mass is 10.0. The molecular formula is C13H15NO2. The van der Waals surface area contributed by atoms with E-state index >= 15 is 0 Å². The molecule has 1 aromatic rings. The summed E-state index contributed by atoms with van der Waals surface area (Å²) in [5.74, 6) is 1.43. The van der Waals surface area contributed by atoms with Crippen LogP contribution in [0, 0.1) is 5.92 Å². The first-order valence-corrected chi connectivity index (χ1v) is 5.84. The van der Waals surface area contributed by atoms with Gasteiger partial charge in [-0.3, -0.25) is 4.79 Å². The normalized spacial score (nSPS) is 23.1. The van der Waals surface area contributed by atoms with Gasteiger partial charge in [0, 0.05) is 5.92 Å². The lowest BCUT2D eigenvalue weighted by molar-refractivity contribution is -0.123. The Kier molecular flexibility index (Phi) is 2.31. The van der Waals surface area contributed by atoms with Gasteiger partial charge >= 0.3 is 0 Å². The van der Waals surface area contributed by atoms with Crippen LogP contribution in [0.1, 0.15) is 18.4 Å². The van der Waals surface area contributed by atoms with Gasteiger partial charge in [-0.2, -0.15) is 0 Å². The Morgan fingerprint density at radius 2 is 2.12 bits per heavy atom. The number of ether oxygens (including phenoxy) is 1. The summed E-state index contributed by atoms with van der Waals surface area (Å²) >= 11 is 0. The van der Waals surface area contributed by atoms with E-state index in [1.165, 1.54) is 5.56 Å². The van der Waals surface area contributed by atoms with E-state index < -0.39 is 0 Å². The number of nitrogens with one attached hydrogen (secondary N) is 1. The van der Waals surface area contributed by atoms with Crippen molar-refractivity contribution in [2.24, 2.45) is 5.92 Å². The number of carbonyl (C=O) groups is 1. The van der Waals surface area contributed by atoms with Crippen LogP contribution in [0.3, 0.4) is 0 Å². The van der Waals surface area contributed by atoms with E-state index in [9.17, 15) is 4.79 Å². The fraction of sp³-hybridized carbons (Fsp3) is 0.462. The van der Waals surface area contributed by atoms with Gasteiger partial charge in [-0.1, -0.05) is 18.2 Å². The van der Waals surface area contributed by atoms with Crippen LogP contribution in [0.25, 0.3) is 0 Å². The van der Waals surface area contributed by atoms with Crippen molar-refractivity contribution in [3.8, 4) is 5.75 Å². The molecule has 1 fully saturated rings. The smallest absolute Gasteiger partial charge is 0.223 e. The molecule has 1 atom stereocenters. The minimum Gasteiger partial charge on any atom is -0.491 e. The highest BCUT2D eigenvalue weighted by Gasteiger charge is 2.31. The molecule has 3 nitrogen and oxygen atoms in total. The molecule has 1 aliphatic carbocycles.